The lowest BCUT2D eigenvalue weighted by Crippen LogP contribution is -2.49. The summed E-state index contributed by atoms with van der Waals surface area (Å²) < 4.78 is 7.75. The van der Waals surface area contributed by atoms with Crippen LogP contribution >= 0.6 is 24.0 Å². The quantitative estimate of drug-likeness (QED) is 0.604. The average molecular weight is 417 g/mol. The molecule has 0 radical (unpaired) electrons. The van der Waals surface area contributed by atoms with Crippen LogP contribution in [0.5, 0.6) is 5.75 Å². The average Bonchev–Trinajstić information content (AvgIpc) is 3.20. The van der Waals surface area contributed by atoms with Gasteiger partial charge in [0, 0.05) is 31.0 Å². The smallest absolute Gasteiger partial charge is 0.129 e. The van der Waals surface area contributed by atoms with E-state index in [0.29, 0.717) is 5.15 Å². The standard InChI is InChI=1S/C21H21ClN4O.ClH/c1-27-16-5-6-18-17(13-16)24-21(19-3-2-10-26(18)19)8-11-25(12-9-21)15-4-7-20(22)23-14-15;/h2-7,10,13-14,24H,8-9,11-12H2,1H3;1H. The molecule has 0 bridgehead atoms. The summed E-state index contributed by atoms with van der Waals surface area (Å²) in [4.78, 5) is 6.60. The van der Waals surface area contributed by atoms with E-state index in [-0.39, 0.29) is 17.9 Å². The molecule has 7 heteroatoms. The summed E-state index contributed by atoms with van der Waals surface area (Å²) >= 11 is 5.93. The Bertz CT molecular complexity index is 978. The first-order valence-electron chi connectivity index (χ1n) is 9.19. The molecular formula is C21H22Cl2N4O. The minimum atomic E-state index is -0.0702. The minimum absolute atomic E-state index is 0. The number of fused-ring (bicyclic) bond motifs is 4. The molecule has 0 atom stereocenters. The van der Waals surface area contributed by atoms with Gasteiger partial charge in [0.2, 0.25) is 0 Å². The van der Waals surface area contributed by atoms with Crippen molar-refractivity contribution in [3.05, 3.63) is 65.7 Å². The second-order valence-corrected chi connectivity index (χ2v) is 7.57. The number of hydrogen-bond donors (Lipinski definition) is 1. The number of methoxy groups -OCH3 is 1. The Hall–Kier alpha value is -2.37. The molecule has 2 aliphatic heterocycles. The van der Waals surface area contributed by atoms with Gasteiger partial charge in [-0.25, -0.2) is 4.98 Å². The van der Waals surface area contributed by atoms with Crippen molar-refractivity contribution >= 4 is 35.4 Å². The first-order valence-corrected chi connectivity index (χ1v) is 9.57. The summed E-state index contributed by atoms with van der Waals surface area (Å²) in [6, 6.07) is 14.5. The number of rotatable bonds is 2. The monoisotopic (exact) mass is 416 g/mol. The van der Waals surface area contributed by atoms with Crippen molar-refractivity contribution in [1.29, 1.82) is 0 Å². The summed E-state index contributed by atoms with van der Waals surface area (Å²) in [7, 11) is 1.71. The number of benzene rings is 1. The zero-order valence-electron chi connectivity index (χ0n) is 15.6. The zero-order chi connectivity index (χ0) is 18.4. The van der Waals surface area contributed by atoms with Crippen LogP contribution in [0.4, 0.5) is 11.4 Å². The molecule has 2 aromatic heterocycles. The normalized spacial score (nSPS) is 16.6. The highest BCUT2D eigenvalue weighted by Gasteiger charge is 2.41. The topological polar surface area (TPSA) is 42.3 Å². The van der Waals surface area contributed by atoms with Gasteiger partial charge in [-0.3, -0.25) is 0 Å². The van der Waals surface area contributed by atoms with E-state index in [9.17, 15) is 0 Å². The van der Waals surface area contributed by atoms with E-state index < -0.39 is 0 Å². The Morgan fingerprint density at radius 2 is 1.96 bits per heavy atom. The Balaban J connectivity index is 0.00000192. The Morgan fingerprint density at radius 3 is 2.68 bits per heavy atom. The molecule has 28 heavy (non-hydrogen) atoms. The fourth-order valence-electron chi connectivity index (χ4n) is 4.34. The molecular weight excluding hydrogens is 395 g/mol. The predicted molar refractivity (Wildman–Crippen MR) is 116 cm³/mol. The number of nitrogens with one attached hydrogen (secondary N) is 1. The Kier molecular flexibility index (Phi) is 4.89. The molecule has 0 unspecified atom stereocenters. The van der Waals surface area contributed by atoms with Gasteiger partial charge in [-0.05, 0) is 49.2 Å². The highest BCUT2D eigenvalue weighted by Crippen LogP contribution is 2.44. The summed E-state index contributed by atoms with van der Waals surface area (Å²) in [5.74, 6) is 0.872. The zero-order valence-corrected chi connectivity index (χ0v) is 17.1. The molecule has 1 N–H and O–H groups in total. The van der Waals surface area contributed by atoms with Gasteiger partial charge in [0.15, 0.2) is 0 Å². The van der Waals surface area contributed by atoms with Gasteiger partial charge in [0.25, 0.3) is 0 Å². The van der Waals surface area contributed by atoms with Crippen molar-refractivity contribution in [2.24, 2.45) is 0 Å². The van der Waals surface area contributed by atoms with E-state index >= 15 is 0 Å². The molecule has 4 heterocycles. The third-order valence-electron chi connectivity index (χ3n) is 5.77. The van der Waals surface area contributed by atoms with E-state index in [1.807, 2.05) is 24.4 Å². The third kappa shape index (κ3) is 2.99. The summed E-state index contributed by atoms with van der Waals surface area (Å²) in [5, 5.41) is 4.38. The second-order valence-electron chi connectivity index (χ2n) is 7.18. The maximum atomic E-state index is 5.93. The van der Waals surface area contributed by atoms with Crippen LogP contribution in [0.2, 0.25) is 5.15 Å². The lowest BCUT2D eigenvalue weighted by Gasteiger charge is -2.46. The summed E-state index contributed by atoms with van der Waals surface area (Å²) in [6.45, 7) is 1.92. The number of halogens is 2. The maximum Gasteiger partial charge on any atom is 0.129 e. The number of anilines is 2. The van der Waals surface area contributed by atoms with Crippen LogP contribution in [-0.4, -0.2) is 29.8 Å². The van der Waals surface area contributed by atoms with Crippen molar-refractivity contribution in [1.82, 2.24) is 9.55 Å². The number of nitrogens with zero attached hydrogens (tertiary/aromatic N) is 3. The molecule has 5 rings (SSSR count). The fourth-order valence-corrected chi connectivity index (χ4v) is 4.45. The van der Waals surface area contributed by atoms with Gasteiger partial charge in [-0.1, -0.05) is 11.6 Å². The molecule has 3 aromatic rings. The van der Waals surface area contributed by atoms with Crippen molar-refractivity contribution in [2.45, 2.75) is 18.4 Å². The molecule has 2 aliphatic rings. The van der Waals surface area contributed by atoms with Crippen LogP contribution in [0, 0.1) is 0 Å². The van der Waals surface area contributed by atoms with Gasteiger partial charge >= 0.3 is 0 Å². The third-order valence-corrected chi connectivity index (χ3v) is 5.99. The number of ether oxygens (including phenoxy) is 1. The van der Waals surface area contributed by atoms with E-state index in [1.165, 1.54) is 11.4 Å². The number of pyridine rings is 1. The van der Waals surface area contributed by atoms with Crippen LogP contribution < -0.4 is 15.0 Å². The van der Waals surface area contributed by atoms with Gasteiger partial charge in [0.05, 0.1) is 35.9 Å². The van der Waals surface area contributed by atoms with E-state index in [2.05, 4.69) is 50.2 Å². The first kappa shape index (κ1) is 19.0. The molecule has 1 saturated heterocycles. The molecule has 0 aliphatic carbocycles. The lowest BCUT2D eigenvalue weighted by molar-refractivity contribution is 0.355. The molecule has 1 aromatic carbocycles. The predicted octanol–water partition coefficient (Wildman–Crippen LogP) is 4.88. The number of piperidine rings is 1. The highest BCUT2D eigenvalue weighted by molar-refractivity contribution is 6.29. The lowest BCUT2D eigenvalue weighted by atomic mass is 9.82. The summed E-state index contributed by atoms with van der Waals surface area (Å²) in [5.41, 5.74) is 4.68. The highest BCUT2D eigenvalue weighted by atomic mass is 35.5. The minimum Gasteiger partial charge on any atom is -0.497 e. The van der Waals surface area contributed by atoms with Gasteiger partial charge in [-0.15, -0.1) is 12.4 Å². The van der Waals surface area contributed by atoms with Crippen molar-refractivity contribution in [2.75, 3.05) is 30.4 Å². The largest absolute Gasteiger partial charge is 0.497 e. The van der Waals surface area contributed by atoms with E-state index in [0.717, 1.165) is 43.1 Å². The van der Waals surface area contributed by atoms with Crippen LogP contribution in [0.1, 0.15) is 18.5 Å². The summed E-state index contributed by atoms with van der Waals surface area (Å²) in [6.07, 6.45) is 6.03. The molecule has 1 spiro atoms. The molecule has 0 amide bonds. The SMILES string of the molecule is COc1ccc2c(c1)NC1(CCN(c3ccc(Cl)nc3)CC1)c1cccn1-2.Cl. The van der Waals surface area contributed by atoms with E-state index in [4.69, 9.17) is 16.3 Å². The van der Waals surface area contributed by atoms with Crippen LogP contribution in [0.15, 0.2) is 54.9 Å². The van der Waals surface area contributed by atoms with Gasteiger partial charge < -0.3 is 19.5 Å². The van der Waals surface area contributed by atoms with Crippen LogP contribution in [0.25, 0.3) is 5.69 Å². The number of aromatic nitrogens is 2. The van der Waals surface area contributed by atoms with Crippen molar-refractivity contribution < 1.29 is 4.74 Å². The van der Waals surface area contributed by atoms with E-state index in [1.54, 1.807) is 7.11 Å². The van der Waals surface area contributed by atoms with Crippen molar-refractivity contribution in [3.8, 4) is 11.4 Å². The Morgan fingerprint density at radius 1 is 1.14 bits per heavy atom. The second kappa shape index (κ2) is 7.22. The first-order chi connectivity index (χ1) is 13.2. The fraction of sp³-hybridized carbons (Fsp3) is 0.286. The molecule has 146 valence electrons. The van der Waals surface area contributed by atoms with Gasteiger partial charge in [-0.2, -0.15) is 0 Å². The number of hydrogen-bond acceptors (Lipinski definition) is 4. The maximum absolute atomic E-state index is 5.93. The van der Waals surface area contributed by atoms with Crippen LogP contribution in [0.3, 0.4) is 0 Å². The Labute approximate surface area is 175 Å². The molecule has 1 fully saturated rings. The molecule has 5 nitrogen and oxygen atoms in total. The van der Waals surface area contributed by atoms with Gasteiger partial charge in [0.1, 0.15) is 10.9 Å². The molecule has 0 saturated carbocycles. The van der Waals surface area contributed by atoms with Crippen molar-refractivity contribution in [3.63, 3.8) is 0 Å². The van der Waals surface area contributed by atoms with Crippen LogP contribution in [-0.2, 0) is 5.54 Å².